The molecule has 9 nitrogen and oxygen atoms in total. The van der Waals surface area contributed by atoms with Gasteiger partial charge in [-0.2, -0.15) is 5.10 Å². The minimum Gasteiger partial charge on any atom is -0.481 e. The Kier molecular flexibility index (Phi) is 14.7. The van der Waals surface area contributed by atoms with Gasteiger partial charge in [0.25, 0.3) is 0 Å². The average Bonchev–Trinajstić information content (AvgIpc) is 2.63. The van der Waals surface area contributed by atoms with Crippen molar-refractivity contribution in [1.82, 2.24) is 10.4 Å². The molecule has 0 saturated heterocycles. The first-order chi connectivity index (χ1) is 12.6. The number of aliphatic hydroxyl groups is 1. The smallest absolute Gasteiger partial charge is 0.307 e. The zero-order valence-corrected chi connectivity index (χ0v) is 17.3. The van der Waals surface area contributed by atoms with E-state index in [-0.39, 0.29) is 24.3 Å². The molecule has 0 aromatic carbocycles. The normalized spacial score (nSPS) is 11.9. The molecule has 0 spiro atoms. The van der Waals surface area contributed by atoms with Gasteiger partial charge in [0.2, 0.25) is 0 Å². The number of pyridine rings is 1. The van der Waals surface area contributed by atoms with Gasteiger partial charge in [0, 0.05) is 19.2 Å². The van der Waals surface area contributed by atoms with Gasteiger partial charge in [0.05, 0.1) is 12.5 Å². The summed E-state index contributed by atoms with van der Waals surface area (Å²) in [7, 11) is 0. The van der Waals surface area contributed by atoms with Crippen molar-refractivity contribution >= 4 is 17.6 Å². The molecule has 0 saturated carbocycles. The van der Waals surface area contributed by atoms with Crippen molar-refractivity contribution in [1.29, 1.82) is 0 Å². The van der Waals surface area contributed by atoms with Crippen LogP contribution in [0.5, 0.6) is 0 Å². The summed E-state index contributed by atoms with van der Waals surface area (Å²) in [4.78, 5) is 15.0. The number of aliphatic carboxylic acids is 1. The molecule has 9 heteroatoms. The van der Waals surface area contributed by atoms with Crippen molar-refractivity contribution in [2.45, 2.75) is 48.0 Å². The van der Waals surface area contributed by atoms with Crippen molar-refractivity contribution in [3.63, 3.8) is 0 Å². The summed E-state index contributed by atoms with van der Waals surface area (Å²) in [6.07, 6.45) is 1.99. The van der Waals surface area contributed by atoms with Gasteiger partial charge in [-0.1, -0.05) is 40.7 Å². The number of hydrazone groups is 1. The first kappa shape index (κ1) is 26.8. The lowest BCUT2D eigenvalue weighted by Crippen LogP contribution is -2.38. The number of hydrazine groups is 1. The highest BCUT2D eigenvalue weighted by Crippen LogP contribution is 2.28. The molecular weight excluding hydrogens is 348 g/mol. The molecule has 0 aliphatic rings. The standard InChI is InChI=1S/C8H18N4O2.C8H12N2O.C2H6/c1-8(2,3)5(7(13)14)4-6(11-9)12-10;1-7-2-3-8(10-6-7)9-4-5-11;1-2/h5H,4,9-10H2,1-3H3,(H,11,12)(H,13,14);2-3,6,11H,4-5H2,1H3,(H,9,10);1-2H3. The number of hydrogen-bond acceptors (Lipinski definition) is 7. The van der Waals surface area contributed by atoms with Crippen LogP contribution in [0.15, 0.2) is 23.4 Å². The van der Waals surface area contributed by atoms with Gasteiger partial charge in [0.1, 0.15) is 11.7 Å². The maximum Gasteiger partial charge on any atom is 0.307 e. The topological polar surface area (TPSA) is 159 Å². The molecule has 0 aliphatic carbocycles. The van der Waals surface area contributed by atoms with E-state index in [2.05, 4.69) is 20.8 Å². The number of carboxylic acids is 1. The fourth-order valence-electron chi connectivity index (χ4n) is 1.86. The van der Waals surface area contributed by atoms with Gasteiger partial charge >= 0.3 is 5.97 Å². The lowest BCUT2D eigenvalue weighted by Gasteiger charge is -2.26. The van der Waals surface area contributed by atoms with E-state index in [0.717, 1.165) is 11.4 Å². The Bertz CT molecular complexity index is 541. The number of amidine groups is 1. The second-order valence-electron chi connectivity index (χ2n) is 6.55. The molecule has 1 aromatic heterocycles. The Balaban J connectivity index is 0. The summed E-state index contributed by atoms with van der Waals surface area (Å²) in [5.41, 5.74) is 3.05. The largest absolute Gasteiger partial charge is 0.481 e. The fraction of sp³-hybridized carbons (Fsp3) is 0.611. The van der Waals surface area contributed by atoms with E-state index in [4.69, 9.17) is 21.9 Å². The molecule has 1 aromatic rings. The Morgan fingerprint density at radius 2 is 1.93 bits per heavy atom. The third-order valence-corrected chi connectivity index (χ3v) is 3.39. The number of rotatable bonds is 6. The van der Waals surface area contributed by atoms with Gasteiger partial charge < -0.3 is 26.8 Å². The maximum atomic E-state index is 10.9. The Labute approximate surface area is 162 Å². The number of nitrogens with zero attached hydrogens (tertiary/aromatic N) is 2. The Morgan fingerprint density at radius 1 is 1.33 bits per heavy atom. The molecule has 0 bridgehead atoms. The third-order valence-electron chi connectivity index (χ3n) is 3.39. The summed E-state index contributed by atoms with van der Waals surface area (Å²) in [5.74, 6) is 9.79. The number of carboxylic acid groups (broad SMARTS) is 1. The number of aromatic nitrogens is 1. The monoisotopic (exact) mass is 384 g/mol. The number of nitrogens with two attached hydrogens (primary N) is 2. The van der Waals surface area contributed by atoms with Crippen LogP contribution < -0.4 is 22.4 Å². The van der Waals surface area contributed by atoms with E-state index in [0.29, 0.717) is 6.54 Å². The second kappa shape index (κ2) is 14.7. The zero-order chi connectivity index (χ0) is 21.5. The zero-order valence-electron chi connectivity index (χ0n) is 17.3. The molecule has 156 valence electrons. The van der Waals surface area contributed by atoms with E-state index in [9.17, 15) is 4.79 Å². The molecule has 0 amide bonds. The van der Waals surface area contributed by atoms with Crippen LogP contribution in [0.4, 0.5) is 5.82 Å². The summed E-state index contributed by atoms with van der Waals surface area (Å²) in [6, 6.07) is 3.87. The van der Waals surface area contributed by atoms with E-state index >= 15 is 0 Å². The van der Waals surface area contributed by atoms with E-state index in [1.807, 2.05) is 53.7 Å². The molecule has 27 heavy (non-hydrogen) atoms. The fourth-order valence-corrected chi connectivity index (χ4v) is 1.86. The van der Waals surface area contributed by atoms with Crippen LogP contribution in [0.3, 0.4) is 0 Å². The van der Waals surface area contributed by atoms with E-state index in [1.54, 1.807) is 6.20 Å². The Morgan fingerprint density at radius 3 is 2.26 bits per heavy atom. The highest BCUT2D eigenvalue weighted by molar-refractivity contribution is 5.86. The SMILES string of the molecule is CC.CC(C)(C)C(C/C(=N/N)NN)C(=O)O.Cc1ccc(NCCO)nc1. The lowest BCUT2D eigenvalue weighted by molar-refractivity contribution is -0.145. The van der Waals surface area contributed by atoms with Gasteiger partial charge in [0.15, 0.2) is 0 Å². The van der Waals surface area contributed by atoms with Crippen molar-refractivity contribution < 1.29 is 15.0 Å². The molecule has 1 rings (SSSR count). The van der Waals surface area contributed by atoms with Crippen LogP contribution in [-0.2, 0) is 4.79 Å². The molecule has 0 radical (unpaired) electrons. The number of aliphatic hydroxyl groups excluding tert-OH is 1. The Hall–Kier alpha value is -2.39. The molecule has 0 fully saturated rings. The average molecular weight is 385 g/mol. The molecule has 1 unspecified atom stereocenters. The van der Waals surface area contributed by atoms with Crippen LogP contribution in [0, 0.1) is 18.3 Å². The van der Waals surface area contributed by atoms with E-state index < -0.39 is 11.9 Å². The van der Waals surface area contributed by atoms with Crippen molar-refractivity contribution in [2.75, 3.05) is 18.5 Å². The van der Waals surface area contributed by atoms with Crippen molar-refractivity contribution in [3.8, 4) is 0 Å². The predicted molar refractivity (Wildman–Crippen MR) is 110 cm³/mol. The summed E-state index contributed by atoms with van der Waals surface area (Å²) < 4.78 is 0. The lowest BCUT2D eigenvalue weighted by atomic mass is 9.78. The quantitative estimate of drug-likeness (QED) is 0.187. The maximum absolute atomic E-state index is 10.9. The van der Waals surface area contributed by atoms with Crippen LogP contribution in [-0.4, -0.2) is 40.2 Å². The third kappa shape index (κ3) is 12.6. The van der Waals surface area contributed by atoms with Gasteiger partial charge in [-0.05, 0) is 24.0 Å². The van der Waals surface area contributed by atoms with E-state index in [1.165, 1.54) is 0 Å². The van der Waals surface area contributed by atoms with Crippen LogP contribution >= 0.6 is 0 Å². The first-order valence-electron chi connectivity index (χ1n) is 8.89. The summed E-state index contributed by atoms with van der Waals surface area (Å²) >= 11 is 0. The molecular formula is C18H36N6O3. The van der Waals surface area contributed by atoms with Gasteiger partial charge in [-0.15, -0.1) is 0 Å². The second-order valence-corrected chi connectivity index (χ2v) is 6.55. The van der Waals surface area contributed by atoms with Gasteiger partial charge in [-0.3, -0.25) is 4.79 Å². The summed E-state index contributed by atoms with van der Waals surface area (Å²) in [6.45, 7) is 12.2. The highest BCUT2D eigenvalue weighted by atomic mass is 16.4. The minimum atomic E-state index is -0.881. The van der Waals surface area contributed by atoms with Crippen molar-refractivity contribution in [3.05, 3.63) is 23.9 Å². The number of aryl methyl sites for hydroxylation is 1. The predicted octanol–water partition coefficient (Wildman–Crippen LogP) is 1.68. The number of hydrogen-bond donors (Lipinski definition) is 6. The first-order valence-corrected chi connectivity index (χ1v) is 8.89. The molecule has 1 atom stereocenters. The number of carbonyl (C=O) groups is 1. The number of anilines is 1. The van der Waals surface area contributed by atoms with Gasteiger partial charge in [-0.25, -0.2) is 10.8 Å². The highest BCUT2D eigenvalue weighted by Gasteiger charge is 2.32. The molecule has 8 N–H and O–H groups in total. The van der Waals surface area contributed by atoms with Crippen molar-refractivity contribution in [2.24, 2.45) is 28.1 Å². The molecule has 0 aliphatic heterocycles. The van der Waals surface area contributed by atoms with Crippen LogP contribution in [0.25, 0.3) is 0 Å². The molecule has 1 heterocycles. The van der Waals surface area contributed by atoms with Crippen LogP contribution in [0.1, 0.15) is 46.6 Å². The number of nitrogens with one attached hydrogen (secondary N) is 2. The summed E-state index contributed by atoms with van der Waals surface area (Å²) in [5, 5.41) is 23.8. The van der Waals surface area contributed by atoms with Crippen LogP contribution in [0.2, 0.25) is 0 Å². The minimum absolute atomic E-state index is 0.134.